The van der Waals surface area contributed by atoms with Gasteiger partial charge in [-0.3, -0.25) is 13.9 Å². The fourth-order valence-electron chi connectivity index (χ4n) is 4.15. The first-order chi connectivity index (χ1) is 19.1. The molecule has 0 saturated heterocycles. The highest BCUT2D eigenvalue weighted by molar-refractivity contribution is 7.98. The van der Waals surface area contributed by atoms with E-state index in [1.165, 1.54) is 28.8 Å². The van der Waals surface area contributed by atoms with Crippen molar-refractivity contribution in [3.63, 3.8) is 0 Å². The summed E-state index contributed by atoms with van der Waals surface area (Å²) in [5.74, 6) is -0.224. The van der Waals surface area contributed by atoms with Crippen molar-refractivity contribution in [2.75, 3.05) is 30.3 Å². The van der Waals surface area contributed by atoms with Crippen LogP contribution in [-0.4, -0.2) is 57.1 Å². The average Bonchev–Trinajstić information content (AvgIpc) is 2.95. The molecule has 0 fully saturated rings. The van der Waals surface area contributed by atoms with E-state index in [0.29, 0.717) is 24.6 Å². The second kappa shape index (κ2) is 14.2. The van der Waals surface area contributed by atoms with Crippen LogP contribution >= 0.6 is 11.8 Å². The number of aryl methyl sites for hydroxylation is 1. The van der Waals surface area contributed by atoms with E-state index in [0.717, 1.165) is 20.3 Å². The number of thioether (sulfide) groups is 1. The number of nitrogens with one attached hydrogen (secondary N) is 1. The molecule has 40 heavy (non-hydrogen) atoms. The van der Waals surface area contributed by atoms with Crippen molar-refractivity contribution in [3.05, 3.63) is 83.9 Å². The van der Waals surface area contributed by atoms with Crippen LogP contribution in [-0.2, 0) is 26.2 Å². The number of likely N-dealkylation sites (N-methyl/N-ethyl adjacent to an activating group) is 1. The molecule has 0 aromatic heterocycles. The number of anilines is 1. The molecule has 0 bridgehead atoms. The molecule has 0 aliphatic heterocycles. The number of carbonyl (C=O) groups is 2. The molecule has 3 aromatic carbocycles. The highest BCUT2D eigenvalue weighted by Gasteiger charge is 2.32. The number of sulfonamides is 1. The van der Waals surface area contributed by atoms with E-state index in [-0.39, 0.29) is 17.3 Å². The number of nitrogens with zero attached hydrogens (tertiary/aromatic N) is 2. The predicted octanol–water partition coefficient (Wildman–Crippen LogP) is 4.86. The highest BCUT2D eigenvalue weighted by atomic mass is 32.2. The van der Waals surface area contributed by atoms with Gasteiger partial charge in [-0.15, -0.1) is 11.8 Å². The molecule has 0 saturated carbocycles. The summed E-state index contributed by atoms with van der Waals surface area (Å²) in [4.78, 5) is 29.2. The summed E-state index contributed by atoms with van der Waals surface area (Å²) in [6.45, 7) is 7.80. The van der Waals surface area contributed by atoms with Crippen LogP contribution in [0.25, 0.3) is 0 Å². The van der Waals surface area contributed by atoms with E-state index in [9.17, 15) is 18.0 Å². The Morgan fingerprint density at radius 2 is 1.62 bits per heavy atom. The SMILES string of the molecule is CCNC(=O)[C@H](C)N(Cc1ccccc1C)C(=O)CN(c1ccc(OCC)cc1)S(=O)(=O)c1ccc(SC)cc1. The number of hydrogen-bond donors (Lipinski definition) is 1. The topological polar surface area (TPSA) is 96.0 Å². The first kappa shape index (κ1) is 31.0. The molecule has 3 rings (SSSR count). The molecule has 214 valence electrons. The maximum atomic E-state index is 14.0. The van der Waals surface area contributed by atoms with Gasteiger partial charge in [-0.25, -0.2) is 8.42 Å². The van der Waals surface area contributed by atoms with E-state index < -0.39 is 28.5 Å². The Hall–Kier alpha value is -3.50. The van der Waals surface area contributed by atoms with Crippen LogP contribution in [0.5, 0.6) is 5.75 Å². The fraction of sp³-hybridized carbons (Fsp3) is 0.333. The van der Waals surface area contributed by atoms with E-state index in [1.807, 2.05) is 44.4 Å². The predicted molar refractivity (Wildman–Crippen MR) is 160 cm³/mol. The lowest BCUT2D eigenvalue weighted by atomic mass is 10.1. The molecule has 0 aliphatic carbocycles. The molecule has 0 heterocycles. The zero-order valence-electron chi connectivity index (χ0n) is 23.6. The second-order valence-electron chi connectivity index (χ2n) is 9.13. The Morgan fingerprint density at radius 1 is 0.975 bits per heavy atom. The summed E-state index contributed by atoms with van der Waals surface area (Å²) in [5, 5.41) is 2.77. The van der Waals surface area contributed by atoms with Crippen molar-refractivity contribution >= 4 is 39.3 Å². The Kier molecular flexibility index (Phi) is 11.0. The van der Waals surface area contributed by atoms with E-state index in [2.05, 4.69) is 5.32 Å². The van der Waals surface area contributed by atoms with E-state index >= 15 is 0 Å². The lowest BCUT2D eigenvalue weighted by Gasteiger charge is -2.32. The number of carbonyl (C=O) groups excluding carboxylic acids is 2. The molecule has 0 radical (unpaired) electrons. The number of amides is 2. The number of rotatable bonds is 13. The Bertz CT molecular complexity index is 1390. The molecular weight excluding hydrogens is 546 g/mol. The van der Waals surface area contributed by atoms with Gasteiger partial charge >= 0.3 is 0 Å². The Balaban J connectivity index is 2.04. The minimum absolute atomic E-state index is 0.0641. The number of ether oxygens (including phenoxy) is 1. The summed E-state index contributed by atoms with van der Waals surface area (Å²) in [6, 6.07) is 19.9. The van der Waals surface area contributed by atoms with Gasteiger partial charge in [0.25, 0.3) is 10.0 Å². The van der Waals surface area contributed by atoms with Crippen LogP contribution in [0.4, 0.5) is 5.69 Å². The molecule has 10 heteroatoms. The highest BCUT2D eigenvalue weighted by Crippen LogP contribution is 2.28. The molecule has 0 aliphatic rings. The average molecular weight is 584 g/mol. The van der Waals surface area contributed by atoms with Gasteiger partial charge in [0.05, 0.1) is 17.2 Å². The van der Waals surface area contributed by atoms with Gasteiger partial charge in [-0.2, -0.15) is 0 Å². The standard InChI is InChI=1S/C30H37N3O5S2/c1-6-31-30(35)23(4)32(20-24-11-9-8-10-22(24)3)29(34)21-33(25-12-14-26(15-13-25)38-7-2)40(36,37)28-18-16-27(39-5)17-19-28/h8-19,23H,6-7,20-21H2,1-5H3,(H,31,35)/t23-/m0/s1. The van der Waals surface area contributed by atoms with Crippen molar-refractivity contribution in [1.29, 1.82) is 0 Å². The molecule has 3 aromatic rings. The normalized spacial score (nSPS) is 11.9. The van der Waals surface area contributed by atoms with Crippen molar-refractivity contribution in [2.45, 2.75) is 50.1 Å². The van der Waals surface area contributed by atoms with E-state index in [1.54, 1.807) is 50.2 Å². The van der Waals surface area contributed by atoms with Crippen molar-refractivity contribution < 1.29 is 22.7 Å². The van der Waals surface area contributed by atoms with Crippen LogP contribution in [0.15, 0.2) is 82.6 Å². The minimum atomic E-state index is -4.13. The molecule has 2 amide bonds. The molecular formula is C30H37N3O5S2. The Labute approximate surface area is 241 Å². The third-order valence-electron chi connectivity index (χ3n) is 6.48. The first-order valence-corrected chi connectivity index (χ1v) is 15.8. The lowest BCUT2D eigenvalue weighted by Crippen LogP contribution is -2.51. The second-order valence-corrected chi connectivity index (χ2v) is 11.9. The number of benzene rings is 3. The van der Waals surface area contributed by atoms with Gasteiger partial charge in [0.2, 0.25) is 11.8 Å². The summed E-state index contributed by atoms with van der Waals surface area (Å²) in [6.07, 6.45) is 1.91. The molecule has 0 unspecified atom stereocenters. The molecule has 1 N–H and O–H groups in total. The minimum Gasteiger partial charge on any atom is -0.494 e. The van der Waals surface area contributed by atoms with Crippen LogP contribution in [0.3, 0.4) is 0 Å². The number of hydrogen-bond acceptors (Lipinski definition) is 6. The van der Waals surface area contributed by atoms with Crippen molar-refractivity contribution in [1.82, 2.24) is 10.2 Å². The third-order valence-corrected chi connectivity index (χ3v) is 9.01. The largest absolute Gasteiger partial charge is 0.494 e. The maximum Gasteiger partial charge on any atom is 0.264 e. The van der Waals surface area contributed by atoms with Crippen LogP contribution in [0, 0.1) is 6.92 Å². The zero-order valence-corrected chi connectivity index (χ0v) is 25.2. The zero-order chi connectivity index (χ0) is 29.3. The molecule has 1 atom stereocenters. The molecule has 0 spiro atoms. The van der Waals surface area contributed by atoms with Crippen LogP contribution in [0.2, 0.25) is 0 Å². The summed E-state index contributed by atoms with van der Waals surface area (Å²) in [5.41, 5.74) is 2.15. The van der Waals surface area contributed by atoms with Gasteiger partial charge < -0.3 is 15.0 Å². The van der Waals surface area contributed by atoms with Crippen molar-refractivity contribution in [3.8, 4) is 5.75 Å². The molecule has 8 nitrogen and oxygen atoms in total. The first-order valence-electron chi connectivity index (χ1n) is 13.1. The van der Waals surface area contributed by atoms with Gasteiger partial charge in [0.15, 0.2) is 0 Å². The Morgan fingerprint density at radius 3 is 2.20 bits per heavy atom. The summed E-state index contributed by atoms with van der Waals surface area (Å²) >= 11 is 1.50. The lowest BCUT2D eigenvalue weighted by molar-refractivity contribution is -0.139. The van der Waals surface area contributed by atoms with Crippen molar-refractivity contribution in [2.24, 2.45) is 0 Å². The quantitative estimate of drug-likeness (QED) is 0.289. The fourth-order valence-corrected chi connectivity index (χ4v) is 5.98. The summed E-state index contributed by atoms with van der Waals surface area (Å²) < 4.78 is 34.5. The monoisotopic (exact) mass is 583 g/mol. The summed E-state index contributed by atoms with van der Waals surface area (Å²) in [7, 11) is -4.13. The van der Waals surface area contributed by atoms with Gasteiger partial charge in [-0.1, -0.05) is 24.3 Å². The third kappa shape index (κ3) is 7.57. The van der Waals surface area contributed by atoms with E-state index in [4.69, 9.17) is 4.74 Å². The van der Waals surface area contributed by atoms with Gasteiger partial charge in [0.1, 0.15) is 18.3 Å². The van der Waals surface area contributed by atoms with Gasteiger partial charge in [-0.05, 0) is 93.6 Å². The smallest absolute Gasteiger partial charge is 0.264 e. The maximum absolute atomic E-state index is 14.0. The van der Waals surface area contributed by atoms with Gasteiger partial charge in [0, 0.05) is 18.0 Å². The van der Waals surface area contributed by atoms with Crippen LogP contribution in [0.1, 0.15) is 31.9 Å². The van der Waals surface area contributed by atoms with Crippen LogP contribution < -0.4 is 14.4 Å².